The molecule has 2 fully saturated rings. The third kappa shape index (κ3) is 3.23. The second-order valence-corrected chi connectivity index (χ2v) is 8.64. The number of hydrogen-bond acceptors (Lipinski definition) is 7. The van der Waals surface area contributed by atoms with Crippen LogP contribution in [0.4, 0.5) is 11.4 Å². The molecule has 2 aromatic rings. The molecule has 0 N–H and O–H groups in total. The molecule has 166 valence electrons. The van der Waals surface area contributed by atoms with E-state index >= 15 is 0 Å². The van der Waals surface area contributed by atoms with Gasteiger partial charge in [0, 0.05) is 28.9 Å². The largest absolute Gasteiger partial charge is 0.292 e. The van der Waals surface area contributed by atoms with Gasteiger partial charge in [0.05, 0.1) is 33.5 Å². The maximum atomic E-state index is 13.6. The Morgan fingerprint density at radius 3 is 2.55 bits per heavy atom. The highest BCUT2D eigenvalue weighted by molar-refractivity contribution is 6.38. The Bertz CT molecular complexity index is 1290. The molecule has 2 aromatic carbocycles. The molecule has 0 unspecified atom stereocenters. The number of hydrogen-bond donors (Lipinski definition) is 0. The number of halogens is 2. The van der Waals surface area contributed by atoms with Gasteiger partial charge in [0.15, 0.2) is 5.78 Å². The standard InChI is InChI=1S/C22H14Cl2N4O5/c23-12-6-7-15(14(24)10-12)26-21(30)17-16-5-2-8-25-27(16)19(18(17)22(26)31)20(29)11-3-1-4-13(9-11)28(32)33/h1-10,16-19H/t16-,17+,18-,19+/m1/s1. The summed E-state index contributed by atoms with van der Waals surface area (Å²) in [6.45, 7) is 0. The smallest absolute Gasteiger partial charge is 0.270 e. The molecule has 3 aliphatic heterocycles. The first-order valence-electron chi connectivity index (χ1n) is 9.90. The summed E-state index contributed by atoms with van der Waals surface area (Å²) in [6, 6.07) is 7.95. The molecule has 2 saturated heterocycles. The van der Waals surface area contributed by atoms with Crippen LogP contribution in [-0.2, 0) is 9.59 Å². The van der Waals surface area contributed by atoms with Gasteiger partial charge in [0.25, 0.3) is 5.69 Å². The molecule has 0 radical (unpaired) electrons. The third-order valence-electron chi connectivity index (χ3n) is 6.05. The van der Waals surface area contributed by atoms with Crippen molar-refractivity contribution in [1.82, 2.24) is 5.01 Å². The topological polar surface area (TPSA) is 113 Å². The van der Waals surface area contributed by atoms with Crippen LogP contribution in [0.3, 0.4) is 0 Å². The van der Waals surface area contributed by atoms with E-state index in [1.807, 2.05) is 0 Å². The first-order valence-corrected chi connectivity index (χ1v) is 10.7. The van der Waals surface area contributed by atoms with Crippen LogP contribution in [0.5, 0.6) is 0 Å². The number of amides is 2. The van der Waals surface area contributed by atoms with Crippen molar-refractivity contribution in [2.24, 2.45) is 16.9 Å². The lowest BCUT2D eigenvalue weighted by Crippen LogP contribution is -2.46. The maximum absolute atomic E-state index is 13.6. The monoisotopic (exact) mass is 484 g/mol. The van der Waals surface area contributed by atoms with Gasteiger partial charge in [-0.2, -0.15) is 5.10 Å². The molecule has 0 spiro atoms. The molecule has 3 aliphatic rings. The maximum Gasteiger partial charge on any atom is 0.270 e. The van der Waals surface area contributed by atoms with E-state index in [1.54, 1.807) is 12.2 Å². The van der Waals surface area contributed by atoms with Crippen LogP contribution < -0.4 is 4.90 Å². The average Bonchev–Trinajstić information content (AvgIpc) is 3.27. The molecule has 0 aromatic heterocycles. The van der Waals surface area contributed by atoms with E-state index in [2.05, 4.69) is 5.10 Å². The van der Waals surface area contributed by atoms with Crippen LogP contribution in [0.1, 0.15) is 10.4 Å². The number of anilines is 1. The van der Waals surface area contributed by atoms with Gasteiger partial charge in [-0.3, -0.25) is 29.5 Å². The second-order valence-electron chi connectivity index (χ2n) is 7.80. The Morgan fingerprint density at radius 2 is 1.82 bits per heavy atom. The van der Waals surface area contributed by atoms with Crippen molar-refractivity contribution in [3.63, 3.8) is 0 Å². The molecule has 0 saturated carbocycles. The van der Waals surface area contributed by atoms with Crippen LogP contribution >= 0.6 is 23.2 Å². The van der Waals surface area contributed by atoms with E-state index in [-0.39, 0.29) is 22.0 Å². The van der Waals surface area contributed by atoms with E-state index in [9.17, 15) is 24.5 Å². The molecule has 5 rings (SSSR count). The van der Waals surface area contributed by atoms with E-state index in [0.29, 0.717) is 5.02 Å². The minimum absolute atomic E-state index is 0.0570. The number of nitro groups is 1. The number of carbonyl (C=O) groups is 3. The number of allylic oxidation sites excluding steroid dienone is 1. The van der Waals surface area contributed by atoms with E-state index in [4.69, 9.17) is 23.2 Å². The van der Waals surface area contributed by atoms with Crippen molar-refractivity contribution >= 4 is 58.4 Å². The molecule has 4 atom stereocenters. The summed E-state index contributed by atoms with van der Waals surface area (Å²) in [6.07, 6.45) is 4.83. The lowest BCUT2D eigenvalue weighted by Gasteiger charge is -2.30. The highest BCUT2D eigenvalue weighted by Crippen LogP contribution is 2.47. The average molecular weight is 485 g/mol. The Hall–Kier alpha value is -3.56. The van der Waals surface area contributed by atoms with Crippen molar-refractivity contribution in [2.45, 2.75) is 12.1 Å². The summed E-state index contributed by atoms with van der Waals surface area (Å²) >= 11 is 12.2. The number of nitro benzene ring substituents is 1. The van der Waals surface area contributed by atoms with Crippen LogP contribution in [-0.4, -0.2) is 45.8 Å². The highest BCUT2D eigenvalue weighted by atomic mass is 35.5. The normalized spacial score (nSPS) is 25.4. The molecule has 33 heavy (non-hydrogen) atoms. The number of carbonyl (C=O) groups excluding carboxylic acids is 3. The minimum Gasteiger partial charge on any atom is -0.292 e. The highest BCUT2D eigenvalue weighted by Gasteiger charge is 2.64. The molecule has 0 bridgehead atoms. The molecule has 11 heteroatoms. The lowest BCUT2D eigenvalue weighted by atomic mass is 9.86. The number of non-ortho nitro benzene ring substituents is 1. The summed E-state index contributed by atoms with van der Waals surface area (Å²) in [4.78, 5) is 52.1. The minimum atomic E-state index is -1.12. The summed E-state index contributed by atoms with van der Waals surface area (Å²) in [7, 11) is 0. The Labute approximate surface area is 197 Å². The van der Waals surface area contributed by atoms with Crippen molar-refractivity contribution in [3.05, 3.63) is 80.3 Å². The number of hydrazone groups is 1. The Kier molecular flexibility index (Phi) is 5.02. The van der Waals surface area contributed by atoms with E-state index < -0.39 is 46.4 Å². The predicted molar refractivity (Wildman–Crippen MR) is 120 cm³/mol. The van der Waals surface area contributed by atoms with E-state index in [1.165, 1.54) is 47.6 Å². The lowest BCUT2D eigenvalue weighted by molar-refractivity contribution is -0.384. The summed E-state index contributed by atoms with van der Waals surface area (Å²) in [5.41, 5.74) is -0.0131. The van der Waals surface area contributed by atoms with E-state index in [0.717, 1.165) is 11.0 Å². The van der Waals surface area contributed by atoms with Crippen molar-refractivity contribution in [1.29, 1.82) is 0 Å². The van der Waals surface area contributed by atoms with Gasteiger partial charge < -0.3 is 0 Å². The SMILES string of the molecule is O=C(c1cccc([N+](=O)[O-])c1)[C@@H]1[C@@H]2C(=O)N(c3ccc(Cl)cc3Cl)C(=O)[C@H]2[C@H]2C=CC=NN21. The van der Waals surface area contributed by atoms with Gasteiger partial charge in [0.1, 0.15) is 6.04 Å². The van der Waals surface area contributed by atoms with Gasteiger partial charge in [-0.1, -0.05) is 41.4 Å². The number of fused-ring (bicyclic) bond motifs is 3. The van der Waals surface area contributed by atoms with Crippen molar-refractivity contribution < 1.29 is 19.3 Å². The number of benzene rings is 2. The second kappa shape index (κ2) is 7.79. The van der Waals surface area contributed by atoms with Crippen LogP contribution in [0.25, 0.3) is 0 Å². The van der Waals surface area contributed by atoms with Gasteiger partial charge in [0.2, 0.25) is 11.8 Å². The fourth-order valence-electron chi connectivity index (χ4n) is 4.68. The number of nitrogens with zero attached hydrogens (tertiary/aromatic N) is 4. The van der Waals surface area contributed by atoms with Crippen molar-refractivity contribution in [2.75, 3.05) is 4.90 Å². The van der Waals surface area contributed by atoms with Gasteiger partial charge >= 0.3 is 0 Å². The molecule has 3 heterocycles. The zero-order valence-corrected chi connectivity index (χ0v) is 18.2. The summed E-state index contributed by atoms with van der Waals surface area (Å²) in [5.74, 6) is -3.53. The molecule has 9 nitrogen and oxygen atoms in total. The fraction of sp³-hybridized carbons (Fsp3) is 0.182. The Morgan fingerprint density at radius 1 is 1.06 bits per heavy atom. The number of ketones is 1. The van der Waals surface area contributed by atoms with Crippen LogP contribution in [0, 0.1) is 22.0 Å². The van der Waals surface area contributed by atoms with Gasteiger partial charge in [-0.05, 0) is 24.3 Å². The van der Waals surface area contributed by atoms with Crippen LogP contribution in [0.2, 0.25) is 10.0 Å². The fourth-order valence-corrected chi connectivity index (χ4v) is 5.17. The summed E-state index contributed by atoms with van der Waals surface area (Å²) in [5, 5.41) is 17.3. The third-order valence-corrected chi connectivity index (χ3v) is 6.59. The molecular formula is C22H14Cl2N4O5. The van der Waals surface area contributed by atoms with Gasteiger partial charge in [-0.25, -0.2) is 4.90 Å². The molecule has 2 amide bonds. The molecular weight excluding hydrogens is 471 g/mol. The van der Waals surface area contributed by atoms with Gasteiger partial charge in [-0.15, -0.1) is 0 Å². The zero-order chi connectivity index (χ0) is 23.4. The quantitative estimate of drug-likeness (QED) is 0.284. The zero-order valence-electron chi connectivity index (χ0n) is 16.7. The van der Waals surface area contributed by atoms with Crippen LogP contribution in [0.15, 0.2) is 59.7 Å². The number of rotatable bonds is 4. The first kappa shape index (κ1) is 21.3. The number of imide groups is 1. The number of Topliss-reactive ketones (excluding diaryl/α,β-unsaturated/α-hetero) is 1. The molecule has 0 aliphatic carbocycles. The van der Waals surface area contributed by atoms with Crippen molar-refractivity contribution in [3.8, 4) is 0 Å². The predicted octanol–water partition coefficient (Wildman–Crippen LogP) is 3.50. The first-order chi connectivity index (χ1) is 15.8. The summed E-state index contributed by atoms with van der Waals surface area (Å²) < 4.78 is 0. The Balaban J connectivity index is 1.59.